The van der Waals surface area contributed by atoms with Gasteiger partial charge in [-0.3, -0.25) is 0 Å². The smallest absolute Gasteiger partial charge is 0.328 e. The van der Waals surface area contributed by atoms with Crippen LogP contribution in [0.2, 0.25) is 5.02 Å². The van der Waals surface area contributed by atoms with Gasteiger partial charge in [-0.25, -0.2) is 9.48 Å². The van der Waals surface area contributed by atoms with Gasteiger partial charge in [0.1, 0.15) is 6.07 Å². The van der Waals surface area contributed by atoms with E-state index in [4.69, 9.17) is 16.7 Å². The van der Waals surface area contributed by atoms with Gasteiger partial charge in [0.15, 0.2) is 0 Å². The van der Waals surface area contributed by atoms with E-state index in [0.717, 1.165) is 11.8 Å². The van der Waals surface area contributed by atoms with Gasteiger partial charge >= 0.3 is 5.97 Å². The van der Waals surface area contributed by atoms with Crippen LogP contribution in [0.25, 0.3) is 11.8 Å². The van der Waals surface area contributed by atoms with Crippen molar-refractivity contribution in [3.63, 3.8) is 0 Å². The second-order valence-electron chi connectivity index (χ2n) is 4.46. The molecule has 0 unspecified atom stereocenters. The Morgan fingerprint density at radius 2 is 2.19 bits per heavy atom. The molecule has 0 bridgehead atoms. The topological polar surface area (TPSA) is 78.9 Å². The molecular weight excluding hydrogens is 290 g/mol. The largest absolute Gasteiger partial charge is 0.478 e. The first-order chi connectivity index (χ1) is 9.93. The van der Waals surface area contributed by atoms with Crippen molar-refractivity contribution in [2.24, 2.45) is 0 Å². The van der Waals surface area contributed by atoms with Crippen LogP contribution in [-0.4, -0.2) is 20.9 Å². The van der Waals surface area contributed by atoms with Gasteiger partial charge in [-0.15, -0.1) is 0 Å². The Bertz CT molecular complexity index is 785. The number of benzene rings is 1. The number of carboxylic acid groups (broad SMARTS) is 1. The first kappa shape index (κ1) is 14.8. The van der Waals surface area contributed by atoms with E-state index in [0.29, 0.717) is 27.5 Å². The summed E-state index contributed by atoms with van der Waals surface area (Å²) in [6.45, 7) is 3.61. The molecule has 21 heavy (non-hydrogen) atoms. The van der Waals surface area contributed by atoms with Crippen molar-refractivity contribution in [3.05, 3.63) is 51.8 Å². The lowest BCUT2D eigenvalue weighted by molar-refractivity contribution is -0.131. The Kier molecular flexibility index (Phi) is 4.10. The molecule has 0 aliphatic carbocycles. The van der Waals surface area contributed by atoms with Crippen LogP contribution in [-0.2, 0) is 4.79 Å². The fraction of sp³-hybridized carbons (Fsp3) is 0.133. The number of hydrogen-bond donors (Lipinski definition) is 1. The van der Waals surface area contributed by atoms with Crippen molar-refractivity contribution in [2.45, 2.75) is 13.8 Å². The number of nitriles is 1. The molecule has 1 aromatic heterocycles. The zero-order valence-electron chi connectivity index (χ0n) is 11.5. The minimum absolute atomic E-state index is 0.393. The lowest BCUT2D eigenvalue weighted by atomic mass is 10.1. The lowest BCUT2D eigenvalue weighted by Gasteiger charge is -2.07. The van der Waals surface area contributed by atoms with Crippen molar-refractivity contribution in [2.75, 3.05) is 0 Å². The number of carbonyl (C=O) groups is 1. The molecular formula is C15H12ClN3O2. The molecule has 0 amide bonds. The highest BCUT2D eigenvalue weighted by Crippen LogP contribution is 2.24. The summed E-state index contributed by atoms with van der Waals surface area (Å²) in [5, 5.41) is 22.8. The van der Waals surface area contributed by atoms with Gasteiger partial charge in [0, 0.05) is 6.08 Å². The number of aryl methyl sites for hydroxylation is 1. The van der Waals surface area contributed by atoms with Crippen LogP contribution in [0.5, 0.6) is 0 Å². The normalized spacial score (nSPS) is 10.8. The summed E-state index contributed by atoms with van der Waals surface area (Å²) >= 11 is 6.12. The second kappa shape index (κ2) is 5.81. The SMILES string of the molecule is Cc1nn(-c2ccc(/C=C/C(=O)O)cc2C#N)c(C)c1Cl. The van der Waals surface area contributed by atoms with Crippen LogP contribution in [0.4, 0.5) is 0 Å². The van der Waals surface area contributed by atoms with E-state index in [1.165, 1.54) is 6.08 Å². The summed E-state index contributed by atoms with van der Waals surface area (Å²) in [7, 11) is 0. The molecule has 1 N–H and O–H groups in total. The fourth-order valence-corrected chi connectivity index (χ4v) is 2.08. The maximum Gasteiger partial charge on any atom is 0.328 e. The van der Waals surface area contributed by atoms with E-state index in [1.807, 2.05) is 6.92 Å². The fourth-order valence-electron chi connectivity index (χ4n) is 1.96. The van der Waals surface area contributed by atoms with Crippen LogP contribution >= 0.6 is 11.6 Å². The molecule has 5 nitrogen and oxygen atoms in total. The van der Waals surface area contributed by atoms with Crippen LogP contribution < -0.4 is 0 Å². The highest BCUT2D eigenvalue weighted by molar-refractivity contribution is 6.31. The summed E-state index contributed by atoms with van der Waals surface area (Å²) in [5.74, 6) is -1.04. The van der Waals surface area contributed by atoms with Crippen molar-refractivity contribution >= 4 is 23.6 Å². The number of aliphatic carboxylic acids is 1. The molecule has 0 atom stereocenters. The van der Waals surface area contributed by atoms with E-state index in [9.17, 15) is 10.1 Å². The Morgan fingerprint density at radius 1 is 1.48 bits per heavy atom. The summed E-state index contributed by atoms with van der Waals surface area (Å²) in [5.41, 5.74) is 3.07. The maximum atomic E-state index is 10.5. The highest BCUT2D eigenvalue weighted by atomic mass is 35.5. The van der Waals surface area contributed by atoms with E-state index in [2.05, 4.69) is 11.2 Å². The Balaban J connectivity index is 2.53. The van der Waals surface area contributed by atoms with Gasteiger partial charge in [0.25, 0.3) is 0 Å². The quantitative estimate of drug-likeness (QED) is 0.883. The van der Waals surface area contributed by atoms with Gasteiger partial charge in [-0.1, -0.05) is 17.7 Å². The summed E-state index contributed by atoms with van der Waals surface area (Å²) in [6.07, 6.45) is 2.46. The zero-order valence-corrected chi connectivity index (χ0v) is 12.2. The first-order valence-corrected chi connectivity index (χ1v) is 6.49. The average molecular weight is 302 g/mol. The Labute approximate surface area is 126 Å². The molecule has 106 valence electrons. The number of hydrogen-bond acceptors (Lipinski definition) is 3. The van der Waals surface area contributed by atoms with Crippen molar-refractivity contribution in [1.29, 1.82) is 5.26 Å². The Morgan fingerprint density at radius 3 is 2.71 bits per heavy atom. The summed E-state index contributed by atoms with van der Waals surface area (Å²) in [6, 6.07) is 7.14. The molecule has 0 radical (unpaired) electrons. The van der Waals surface area contributed by atoms with Gasteiger partial charge < -0.3 is 5.11 Å². The third-order valence-electron chi connectivity index (χ3n) is 2.99. The van der Waals surface area contributed by atoms with Gasteiger partial charge in [-0.05, 0) is 37.6 Å². The van der Waals surface area contributed by atoms with Gasteiger partial charge in [-0.2, -0.15) is 10.4 Å². The second-order valence-corrected chi connectivity index (χ2v) is 4.83. The van der Waals surface area contributed by atoms with E-state index in [1.54, 1.807) is 29.8 Å². The summed E-state index contributed by atoms with van der Waals surface area (Å²) in [4.78, 5) is 10.5. The van der Waals surface area contributed by atoms with Crippen molar-refractivity contribution in [1.82, 2.24) is 9.78 Å². The molecule has 6 heteroatoms. The third kappa shape index (κ3) is 2.96. The number of rotatable bonds is 3. The molecule has 1 heterocycles. The predicted octanol–water partition coefficient (Wildman–Crippen LogP) is 3.11. The zero-order chi connectivity index (χ0) is 15.6. The van der Waals surface area contributed by atoms with Crippen molar-refractivity contribution < 1.29 is 9.90 Å². The molecule has 0 aliphatic heterocycles. The summed E-state index contributed by atoms with van der Waals surface area (Å²) < 4.78 is 1.61. The Hall–Kier alpha value is -2.58. The van der Waals surface area contributed by atoms with Crippen LogP contribution in [0.3, 0.4) is 0 Å². The molecule has 2 rings (SSSR count). The van der Waals surface area contributed by atoms with Crippen LogP contribution in [0.15, 0.2) is 24.3 Å². The van der Waals surface area contributed by atoms with Gasteiger partial charge in [0.05, 0.1) is 27.7 Å². The molecule has 0 spiro atoms. The molecule has 1 aromatic carbocycles. The number of halogens is 1. The molecule has 2 aromatic rings. The van der Waals surface area contributed by atoms with Crippen LogP contribution in [0, 0.1) is 25.2 Å². The van der Waals surface area contributed by atoms with E-state index in [-0.39, 0.29) is 0 Å². The number of aromatic nitrogens is 2. The molecule has 0 fully saturated rings. The number of nitrogens with zero attached hydrogens (tertiary/aromatic N) is 3. The van der Waals surface area contributed by atoms with E-state index < -0.39 is 5.97 Å². The van der Waals surface area contributed by atoms with Crippen molar-refractivity contribution in [3.8, 4) is 11.8 Å². The first-order valence-electron chi connectivity index (χ1n) is 6.11. The minimum atomic E-state index is -1.04. The average Bonchev–Trinajstić information content (AvgIpc) is 2.72. The monoisotopic (exact) mass is 301 g/mol. The highest BCUT2D eigenvalue weighted by Gasteiger charge is 2.13. The predicted molar refractivity (Wildman–Crippen MR) is 79.4 cm³/mol. The third-order valence-corrected chi connectivity index (χ3v) is 3.54. The lowest BCUT2D eigenvalue weighted by Crippen LogP contribution is -2.02. The van der Waals surface area contributed by atoms with E-state index >= 15 is 0 Å². The molecule has 0 saturated heterocycles. The molecule has 0 aliphatic rings. The number of carboxylic acids is 1. The van der Waals surface area contributed by atoms with Crippen LogP contribution in [0.1, 0.15) is 22.5 Å². The maximum absolute atomic E-state index is 10.5. The standard InChI is InChI=1S/C15H12ClN3O2/c1-9-15(16)10(2)19(18-9)13-5-3-11(4-6-14(20)21)7-12(13)8-17/h3-7H,1-2H3,(H,20,21)/b6-4+. The minimum Gasteiger partial charge on any atom is -0.478 e. The molecule has 0 saturated carbocycles. The van der Waals surface area contributed by atoms with Gasteiger partial charge in [0.2, 0.25) is 0 Å².